The lowest BCUT2D eigenvalue weighted by molar-refractivity contribution is -0.119. The number of anilines is 1. The minimum atomic E-state index is -0.566. The van der Waals surface area contributed by atoms with Crippen LogP contribution in [-0.2, 0) is 9.59 Å². The molecule has 0 heterocycles. The van der Waals surface area contributed by atoms with Gasteiger partial charge in [-0.1, -0.05) is 24.3 Å². The zero-order chi connectivity index (χ0) is 12.1. The number of carbonyl (C=O) groups is 2. The van der Waals surface area contributed by atoms with E-state index in [-0.39, 0.29) is 17.9 Å². The molecule has 0 aliphatic carbocycles. The molecule has 0 saturated carbocycles. The number of rotatable bonds is 4. The van der Waals surface area contributed by atoms with Crippen LogP contribution in [0.5, 0.6) is 0 Å². The Balaban J connectivity index is 2.61. The molecule has 0 saturated heterocycles. The summed E-state index contributed by atoms with van der Waals surface area (Å²) in [5.74, 6) is -0.952. The molecule has 1 aromatic rings. The van der Waals surface area contributed by atoms with Crippen LogP contribution in [0.25, 0.3) is 0 Å². The van der Waals surface area contributed by atoms with Crippen LogP contribution in [0.15, 0.2) is 36.4 Å². The van der Waals surface area contributed by atoms with Gasteiger partial charge in [0.1, 0.15) is 0 Å². The summed E-state index contributed by atoms with van der Waals surface area (Å²) < 4.78 is 0. The van der Waals surface area contributed by atoms with Crippen LogP contribution in [0.1, 0.15) is 12.0 Å². The second-order valence-corrected chi connectivity index (χ2v) is 3.57. The predicted molar refractivity (Wildman–Crippen MR) is 62.8 cm³/mol. The summed E-state index contributed by atoms with van der Waals surface area (Å²) in [6, 6.07) is 7.33. The molecule has 0 radical (unpaired) electrons. The zero-order valence-electron chi connectivity index (χ0n) is 9.12. The molecular formula is C12H14N2O2. The van der Waals surface area contributed by atoms with Crippen molar-refractivity contribution in [3.8, 4) is 0 Å². The monoisotopic (exact) mass is 218 g/mol. The number of benzene rings is 1. The first-order chi connectivity index (χ1) is 7.49. The minimum absolute atomic E-state index is 0.127. The van der Waals surface area contributed by atoms with Crippen LogP contribution in [0.3, 0.4) is 0 Å². The van der Waals surface area contributed by atoms with Gasteiger partial charge in [-0.3, -0.25) is 9.59 Å². The summed E-state index contributed by atoms with van der Waals surface area (Å²) in [5, 5.41) is 2.63. The fourth-order valence-electron chi connectivity index (χ4n) is 1.15. The number of primary amides is 1. The first kappa shape index (κ1) is 12.0. The van der Waals surface area contributed by atoms with E-state index in [0.29, 0.717) is 5.69 Å². The van der Waals surface area contributed by atoms with Gasteiger partial charge in [0.05, 0.1) is 6.42 Å². The van der Waals surface area contributed by atoms with Gasteiger partial charge in [0, 0.05) is 11.3 Å². The third-order valence-electron chi connectivity index (χ3n) is 2.02. The molecule has 16 heavy (non-hydrogen) atoms. The van der Waals surface area contributed by atoms with Crippen molar-refractivity contribution < 1.29 is 9.59 Å². The van der Waals surface area contributed by atoms with Crippen molar-refractivity contribution in [2.24, 2.45) is 5.73 Å². The van der Waals surface area contributed by atoms with Crippen molar-refractivity contribution in [2.75, 3.05) is 5.32 Å². The molecule has 84 valence electrons. The van der Waals surface area contributed by atoms with Gasteiger partial charge in [0.25, 0.3) is 5.91 Å². The smallest absolute Gasteiger partial charge is 0.251 e. The molecule has 0 aromatic heterocycles. The van der Waals surface area contributed by atoms with Gasteiger partial charge in [-0.05, 0) is 19.1 Å². The third kappa shape index (κ3) is 3.57. The average molecular weight is 218 g/mol. The standard InChI is InChI=1S/C12H14N2O2/c1-8-3-5-10(6-4-8)14-12(16)9(2)7-11(13)15/h3-6H,2,7H2,1H3,(H2,13,15)(H,14,16). The van der Waals surface area contributed by atoms with Crippen molar-refractivity contribution in [2.45, 2.75) is 13.3 Å². The molecule has 0 spiro atoms. The Kier molecular flexibility index (Phi) is 3.83. The maximum absolute atomic E-state index is 11.5. The fourth-order valence-corrected chi connectivity index (χ4v) is 1.15. The lowest BCUT2D eigenvalue weighted by atomic mass is 10.2. The second-order valence-electron chi connectivity index (χ2n) is 3.57. The number of nitrogens with one attached hydrogen (secondary N) is 1. The van der Waals surface area contributed by atoms with Crippen molar-refractivity contribution >= 4 is 17.5 Å². The topological polar surface area (TPSA) is 72.2 Å². The Hall–Kier alpha value is -2.10. The Labute approximate surface area is 94.1 Å². The number of carbonyl (C=O) groups excluding carboxylic acids is 2. The van der Waals surface area contributed by atoms with Crippen LogP contribution in [-0.4, -0.2) is 11.8 Å². The van der Waals surface area contributed by atoms with E-state index in [9.17, 15) is 9.59 Å². The average Bonchev–Trinajstić information content (AvgIpc) is 2.20. The number of aryl methyl sites for hydroxylation is 1. The minimum Gasteiger partial charge on any atom is -0.369 e. The van der Waals surface area contributed by atoms with Crippen LogP contribution < -0.4 is 11.1 Å². The normalized spacial score (nSPS) is 9.56. The summed E-state index contributed by atoms with van der Waals surface area (Å²) in [7, 11) is 0. The Morgan fingerprint density at radius 2 is 1.88 bits per heavy atom. The highest BCUT2D eigenvalue weighted by molar-refractivity contribution is 6.06. The largest absolute Gasteiger partial charge is 0.369 e. The van der Waals surface area contributed by atoms with E-state index in [1.54, 1.807) is 12.1 Å². The molecule has 0 fully saturated rings. The summed E-state index contributed by atoms with van der Waals surface area (Å²) in [6.07, 6.45) is -0.127. The second kappa shape index (κ2) is 5.11. The van der Waals surface area contributed by atoms with Gasteiger partial charge in [-0.2, -0.15) is 0 Å². The lowest BCUT2D eigenvalue weighted by Gasteiger charge is -2.06. The number of nitrogens with two attached hydrogens (primary N) is 1. The highest BCUT2D eigenvalue weighted by Gasteiger charge is 2.09. The Bertz CT molecular complexity index is 421. The lowest BCUT2D eigenvalue weighted by Crippen LogP contribution is -2.19. The predicted octanol–water partition coefficient (Wildman–Crippen LogP) is 1.37. The molecule has 0 atom stereocenters. The highest BCUT2D eigenvalue weighted by atomic mass is 16.2. The van der Waals surface area contributed by atoms with E-state index in [4.69, 9.17) is 5.73 Å². The van der Waals surface area contributed by atoms with Crippen molar-refractivity contribution in [3.63, 3.8) is 0 Å². The van der Waals surface area contributed by atoms with Gasteiger partial charge in [-0.25, -0.2) is 0 Å². The van der Waals surface area contributed by atoms with E-state index in [2.05, 4.69) is 11.9 Å². The van der Waals surface area contributed by atoms with Crippen LogP contribution >= 0.6 is 0 Å². The molecule has 1 rings (SSSR count). The summed E-state index contributed by atoms with van der Waals surface area (Å²) in [4.78, 5) is 22.1. The molecule has 0 unspecified atom stereocenters. The zero-order valence-corrected chi connectivity index (χ0v) is 9.12. The number of amides is 2. The molecular weight excluding hydrogens is 204 g/mol. The van der Waals surface area contributed by atoms with Crippen molar-refractivity contribution in [3.05, 3.63) is 42.0 Å². The molecule has 0 aliphatic heterocycles. The molecule has 4 heteroatoms. The van der Waals surface area contributed by atoms with E-state index in [0.717, 1.165) is 5.56 Å². The first-order valence-corrected chi connectivity index (χ1v) is 4.83. The molecule has 1 aromatic carbocycles. The molecule has 4 nitrogen and oxygen atoms in total. The fraction of sp³-hybridized carbons (Fsp3) is 0.167. The quantitative estimate of drug-likeness (QED) is 0.749. The van der Waals surface area contributed by atoms with Gasteiger partial charge in [-0.15, -0.1) is 0 Å². The number of hydrogen-bond acceptors (Lipinski definition) is 2. The molecule has 0 bridgehead atoms. The van der Waals surface area contributed by atoms with Crippen LogP contribution in [0, 0.1) is 6.92 Å². The van der Waals surface area contributed by atoms with Crippen LogP contribution in [0.2, 0.25) is 0 Å². The highest BCUT2D eigenvalue weighted by Crippen LogP contribution is 2.10. The van der Waals surface area contributed by atoms with E-state index >= 15 is 0 Å². The maximum Gasteiger partial charge on any atom is 0.251 e. The van der Waals surface area contributed by atoms with Gasteiger partial charge in [0.2, 0.25) is 5.91 Å². The summed E-state index contributed by atoms with van der Waals surface area (Å²) in [6.45, 7) is 5.45. The van der Waals surface area contributed by atoms with E-state index in [1.165, 1.54) is 0 Å². The van der Waals surface area contributed by atoms with Crippen LogP contribution in [0.4, 0.5) is 5.69 Å². The van der Waals surface area contributed by atoms with E-state index < -0.39 is 5.91 Å². The molecule has 2 amide bonds. The van der Waals surface area contributed by atoms with E-state index in [1.807, 2.05) is 19.1 Å². The number of hydrogen-bond donors (Lipinski definition) is 2. The van der Waals surface area contributed by atoms with Crippen molar-refractivity contribution in [1.29, 1.82) is 0 Å². The van der Waals surface area contributed by atoms with Crippen molar-refractivity contribution in [1.82, 2.24) is 0 Å². The Morgan fingerprint density at radius 1 is 1.31 bits per heavy atom. The summed E-state index contributed by atoms with van der Waals surface area (Å²) >= 11 is 0. The summed E-state index contributed by atoms with van der Waals surface area (Å²) in [5.41, 5.74) is 6.90. The Morgan fingerprint density at radius 3 is 2.38 bits per heavy atom. The third-order valence-corrected chi connectivity index (χ3v) is 2.02. The van der Waals surface area contributed by atoms with Gasteiger partial charge >= 0.3 is 0 Å². The molecule has 0 aliphatic rings. The SMILES string of the molecule is C=C(CC(N)=O)C(=O)Nc1ccc(C)cc1. The van der Waals surface area contributed by atoms with Gasteiger partial charge < -0.3 is 11.1 Å². The maximum atomic E-state index is 11.5. The molecule has 3 N–H and O–H groups in total. The first-order valence-electron chi connectivity index (χ1n) is 4.83. The van der Waals surface area contributed by atoms with Gasteiger partial charge in [0.15, 0.2) is 0 Å².